The molecule has 0 bridgehead atoms. The van der Waals surface area contributed by atoms with Gasteiger partial charge in [-0.1, -0.05) is 12.8 Å². The average Bonchev–Trinajstić information content (AvgIpc) is 2.79. The van der Waals surface area contributed by atoms with E-state index in [9.17, 15) is 4.79 Å². The Morgan fingerprint density at radius 2 is 2.32 bits per heavy atom. The lowest BCUT2D eigenvalue weighted by Gasteiger charge is -2.28. The first-order chi connectivity index (χ1) is 9.24. The summed E-state index contributed by atoms with van der Waals surface area (Å²) >= 11 is 0. The summed E-state index contributed by atoms with van der Waals surface area (Å²) in [5.74, 6) is 1.22. The normalized spacial score (nSPS) is 23.6. The van der Waals surface area contributed by atoms with Gasteiger partial charge in [-0.25, -0.2) is 19.3 Å². The number of nitrogens with two attached hydrogens (primary N) is 1. The molecule has 0 aromatic carbocycles. The molecule has 2 unspecified atom stereocenters. The largest absolute Gasteiger partial charge is 0.370 e. The first-order valence-corrected chi connectivity index (χ1v) is 6.66. The standard InChI is InChI=1S/C12H18N6O/c13-9-4-2-1-3-8(9)6-14-10-5-11-16-17-12(19)18(11)7-15-10/h5,7-9,14H,1-4,6,13H2,(H,17,19). The number of nitrogens with one attached hydrogen (secondary N) is 2. The molecule has 102 valence electrons. The monoisotopic (exact) mass is 262 g/mol. The number of aromatic nitrogens is 4. The third-order valence-electron chi connectivity index (χ3n) is 3.82. The molecule has 2 atom stereocenters. The summed E-state index contributed by atoms with van der Waals surface area (Å²) in [6.07, 6.45) is 6.23. The van der Waals surface area contributed by atoms with Gasteiger partial charge in [-0.3, -0.25) is 0 Å². The number of hydrogen-bond acceptors (Lipinski definition) is 5. The van der Waals surface area contributed by atoms with Gasteiger partial charge in [0, 0.05) is 18.7 Å². The van der Waals surface area contributed by atoms with Crippen LogP contribution >= 0.6 is 0 Å². The Morgan fingerprint density at radius 1 is 1.47 bits per heavy atom. The summed E-state index contributed by atoms with van der Waals surface area (Å²) < 4.78 is 1.37. The van der Waals surface area contributed by atoms with E-state index in [0.29, 0.717) is 11.6 Å². The molecule has 0 spiro atoms. The molecule has 4 N–H and O–H groups in total. The van der Waals surface area contributed by atoms with Crippen molar-refractivity contribution in [2.75, 3.05) is 11.9 Å². The Bertz CT molecular complexity index is 618. The van der Waals surface area contributed by atoms with Crippen molar-refractivity contribution in [2.45, 2.75) is 31.7 Å². The number of anilines is 1. The maximum absolute atomic E-state index is 11.3. The van der Waals surface area contributed by atoms with Gasteiger partial charge in [0.25, 0.3) is 0 Å². The Kier molecular flexibility index (Phi) is 3.20. The maximum Gasteiger partial charge on any atom is 0.348 e. The van der Waals surface area contributed by atoms with Crippen LogP contribution < -0.4 is 16.7 Å². The van der Waals surface area contributed by atoms with Crippen LogP contribution in [0.25, 0.3) is 5.65 Å². The third-order valence-corrected chi connectivity index (χ3v) is 3.82. The maximum atomic E-state index is 11.3. The van der Waals surface area contributed by atoms with Crippen molar-refractivity contribution < 1.29 is 0 Å². The Balaban J connectivity index is 1.69. The summed E-state index contributed by atoms with van der Waals surface area (Å²) in [6, 6.07) is 2.03. The van der Waals surface area contributed by atoms with Gasteiger partial charge < -0.3 is 11.1 Å². The highest BCUT2D eigenvalue weighted by molar-refractivity contribution is 5.48. The van der Waals surface area contributed by atoms with Crippen LogP contribution in [0.2, 0.25) is 0 Å². The summed E-state index contributed by atoms with van der Waals surface area (Å²) in [7, 11) is 0. The summed E-state index contributed by atoms with van der Waals surface area (Å²) in [5, 5.41) is 9.58. The van der Waals surface area contributed by atoms with Gasteiger partial charge >= 0.3 is 5.69 Å². The molecule has 0 aliphatic heterocycles. The number of nitrogens with zero attached hydrogens (tertiary/aromatic N) is 3. The van der Waals surface area contributed by atoms with Crippen LogP contribution in [-0.2, 0) is 0 Å². The quantitative estimate of drug-likeness (QED) is 0.740. The summed E-state index contributed by atoms with van der Waals surface area (Å²) in [4.78, 5) is 15.5. The SMILES string of the molecule is NC1CCCCC1CNc1cc2n[nH]c(=O)n2cn1. The number of aromatic amines is 1. The Hall–Kier alpha value is -1.89. The summed E-state index contributed by atoms with van der Waals surface area (Å²) in [5.41, 5.74) is 6.40. The van der Waals surface area contributed by atoms with Crippen LogP contribution in [0.3, 0.4) is 0 Å². The first kappa shape index (κ1) is 12.2. The molecule has 7 nitrogen and oxygen atoms in total. The molecule has 2 aromatic heterocycles. The highest BCUT2D eigenvalue weighted by atomic mass is 16.1. The minimum atomic E-state index is -0.275. The van der Waals surface area contributed by atoms with Crippen LogP contribution in [0.5, 0.6) is 0 Å². The number of fused-ring (bicyclic) bond motifs is 1. The lowest BCUT2D eigenvalue weighted by atomic mass is 9.85. The molecule has 2 aromatic rings. The van der Waals surface area contributed by atoms with Crippen LogP contribution in [0, 0.1) is 5.92 Å². The minimum Gasteiger partial charge on any atom is -0.370 e. The van der Waals surface area contributed by atoms with Gasteiger partial charge in [0.2, 0.25) is 0 Å². The van der Waals surface area contributed by atoms with E-state index in [0.717, 1.165) is 25.2 Å². The van der Waals surface area contributed by atoms with Gasteiger partial charge in [-0.15, -0.1) is 0 Å². The van der Waals surface area contributed by atoms with E-state index in [1.165, 1.54) is 23.6 Å². The number of H-pyrrole nitrogens is 1. The van der Waals surface area contributed by atoms with Gasteiger partial charge in [-0.05, 0) is 18.8 Å². The van der Waals surface area contributed by atoms with Gasteiger partial charge in [0.05, 0.1) is 0 Å². The predicted molar refractivity (Wildman–Crippen MR) is 72.0 cm³/mol. The van der Waals surface area contributed by atoms with Crippen molar-refractivity contribution >= 4 is 11.5 Å². The molecule has 1 fully saturated rings. The molecule has 2 heterocycles. The van der Waals surface area contributed by atoms with E-state index in [1.54, 1.807) is 6.07 Å². The van der Waals surface area contributed by atoms with Gasteiger partial charge in [-0.2, -0.15) is 5.10 Å². The molecule has 19 heavy (non-hydrogen) atoms. The molecule has 0 saturated heterocycles. The molecular weight excluding hydrogens is 244 g/mol. The fourth-order valence-electron chi connectivity index (χ4n) is 2.63. The van der Waals surface area contributed by atoms with Gasteiger partial charge in [0.15, 0.2) is 5.65 Å². The molecule has 3 rings (SSSR count). The van der Waals surface area contributed by atoms with Crippen LogP contribution in [0.15, 0.2) is 17.2 Å². The van der Waals surface area contributed by atoms with Gasteiger partial charge in [0.1, 0.15) is 12.1 Å². The van der Waals surface area contributed by atoms with E-state index in [4.69, 9.17) is 5.73 Å². The van der Waals surface area contributed by atoms with E-state index in [1.807, 2.05) is 0 Å². The zero-order valence-corrected chi connectivity index (χ0v) is 10.7. The van der Waals surface area contributed by atoms with E-state index >= 15 is 0 Å². The highest BCUT2D eigenvalue weighted by Gasteiger charge is 2.21. The summed E-state index contributed by atoms with van der Waals surface area (Å²) in [6.45, 7) is 0.818. The zero-order chi connectivity index (χ0) is 13.2. The second kappa shape index (κ2) is 5.00. The van der Waals surface area contributed by atoms with Crippen LogP contribution in [0.1, 0.15) is 25.7 Å². The average molecular weight is 262 g/mol. The molecule has 0 radical (unpaired) electrons. The fourth-order valence-corrected chi connectivity index (χ4v) is 2.63. The smallest absolute Gasteiger partial charge is 0.348 e. The van der Waals surface area contributed by atoms with Crippen molar-refractivity contribution in [1.82, 2.24) is 19.6 Å². The molecular formula is C12H18N6O. The molecule has 1 aliphatic rings. The molecule has 7 heteroatoms. The number of hydrogen-bond donors (Lipinski definition) is 3. The fraction of sp³-hybridized carbons (Fsp3) is 0.583. The lowest BCUT2D eigenvalue weighted by Crippen LogP contribution is -2.37. The molecule has 0 amide bonds. The second-order valence-corrected chi connectivity index (χ2v) is 5.12. The number of rotatable bonds is 3. The topological polar surface area (TPSA) is 101 Å². The Labute approximate surface area is 110 Å². The lowest BCUT2D eigenvalue weighted by molar-refractivity contribution is 0.321. The van der Waals surface area contributed by atoms with E-state index < -0.39 is 0 Å². The van der Waals surface area contributed by atoms with Crippen LogP contribution in [-0.4, -0.2) is 32.2 Å². The van der Waals surface area contributed by atoms with Crippen molar-refractivity contribution in [2.24, 2.45) is 11.7 Å². The van der Waals surface area contributed by atoms with E-state index in [-0.39, 0.29) is 11.7 Å². The van der Waals surface area contributed by atoms with Crippen molar-refractivity contribution in [3.05, 3.63) is 22.9 Å². The molecule has 1 aliphatic carbocycles. The molecule has 1 saturated carbocycles. The van der Waals surface area contributed by atoms with Crippen LogP contribution in [0.4, 0.5) is 5.82 Å². The Morgan fingerprint density at radius 3 is 3.16 bits per heavy atom. The van der Waals surface area contributed by atoms with Crippen molar-refractivity contribution in [3.63, 3.8) is 0 Å². The third kappa shape index (κ3) is 2.46. The predicted octanol–water partition coefficient (Wildman–Crippen LogP) is 0.347. The first-order valence-electron chi connectivity index (χ1n) is 6.66. The minimum absolute atomic E-state index is 0.275. The van der Waals surface area contributed by atoms with Crippen molar-refractivity contribution in [1.29, 1.82) is 0 Å². The van der Waals surface area contributed by atoms with E-state index in [2.05, 4.69) is 20.5 Å². The highest BCUT2D eigenvalue weighted by Crippen LogP contribution is 2.23. The van der Waals surface area contributed by atoms with Crippen molar-refractivity contribution in [3.8, 4) is 0 Å². The zero-order valence-electron chi connectivity index (χ0n) is 10.7. The second-order valence-electron chi connectivity index (χ2n) is 5.12.